The lowest BCUT2D eigenvalue weighted by Crippen LogP contribution is -2.53. The quantitative estimate of drug-likeness (QED) is 0.221. The van der Waals surface area contributed by atoms with Crippen LogP contribution in [0.3, 0.4) is 0 Å². The molecule has 232 valence electrons. The predicted octanol–water partition coefficient (Wildman–Crippen LogP) is 5.05. The first kappa shape index (κ1) is 30.8. The Balaban J connectivity index is 1.43. The molecule has 0 bridgehead atoms. The number of aliphatic hydroxyl groups excluding tert-OH is 3. The molecular formula is C26H19Cl2F5N6O4S. The van der Waals surface area contributed by atoms with Crippen LogP contribution in [0.1, 0.15) is 29.4 Å². The largest absolute Gasteiger partial charge is 0.418 e. The summed E-state index contributed by atoms with van der Waals surface area (Å²) in [5.41, 5.74) is -0.625. The zero-order chi connectivity index (χ0) is 31.7. The molecule has 0 amide bonds. The van der Waals surface area contributed by atoms with Crippen molar-refractivity contribution in [3.05, 3.63) is 75.0 Å². The number of nitrogens with zero attached hydrogens (tertiary/aromatic N) is 6. The minimum atomic E-state index is -4.90. The fourth-order valence-electron chi connectivity index (χ4n) is 5.15. The van der Waals surface area contributed by atoms with Crippen LogP contribution in [0.4, 0.5) is 22.0 Å². The smallest absolute Gasteiger partial charge is 0.394 e. The molecule has 0 aliphatic carbocycles. The van der Waals surface area contributed by atoms with E-state index >= 15 is 0 Å². The SMILES string of the molecule is Cc1nc(C2O[C@H](CO)[C@H](O)[C@H](n3cc(-c4cc5scnc5c(F)c4F)cn3)[C@H]2O)n(-c2cc(Cl)c(Cl)cc2C(F)(F)F)n1. The Morgan fingerprint density at radius 2 is 1.80 bits per heavy atom. The number of benzene rings is 2. The zero-order valence-electron chi connectivity index (χ0n) is 22.0. The van der Waals surface area contributed by atoms with Crippen LogP contribution in [0.5, 0.6) is 0 Å². The fourth-order valence-corrected chi connectivity index (χ4v) is 6.18. The van der Waals surface area contributed by atoms with Gasteiger partial charge in [0.1, 0.15) is 41.8 Å². The second kappa shape index (κ2) is 11.3. The predicted molar refractivity (Wildman–Crippen MR) is 148 cm³/mol. The van der Waals surface area contributed by atoms with Crippen molar-refractivity contribution in [3.63, 3.8) is 0 Å². The highest BCUT2D eigenvalue weighted by Gasteiger charge is 2.48. The lowest BCUT2D eigenvalue weighted by molar-refractivity contribution is -0.210. The third kappa shape index (κ3) is 5.13. The van der Waals surface area contributed by atoms with E-state index in [4.69, 9.17) is 27.9 Å². The Labute approximate surface area is 257 Å². The zero-order valence-corrected chi connectivity index (χ0v) is 24.4. The minimum Gasteiger partial charge on any atom is -0.394 e. The van der Waals surface area contributed by atoms with Crippen molar-refractivity contribution in [2.75, 3.05) is 6.61 Å². The van der Waals surface area contributed by atoms with E-state index in [-0.39, 0.29) is 38.3 Å². The van der Waals surface area contributed by atoms with Gasteiger partial charge in [-0.2, -0.15) is 23.4 Å². The summed E-state index contributed by atoms with van der Waals surface area (Å²) in [6.45, 7) is 0.619. The van der Waals surface area contributed by atoms with Gasteiger partial charge >= 0.3 is 6.18 Å². The van der Waals surface area contributed by atoms with E-state index in [1.165, 1.54) is 30.9 Å². The van der Waals surface area contributed by atoms with Crippen LogP contribution in [-0.2, 0) is 10.9 Å². The molecule has 1 fully saturated rings. The van der Waals surface area contributed by atoms with Gasteiger partial charge in [0.25, 0.3) is 0 Å². The van der Waals surface area contributed by atoms with Crippen LogP contribution in [0.15, 0.2) is 36.1 Å². The van der Waals surface area contributed by atoms with Gasteiger partial charge in [0, 0.05) is 17.3 Å². The van der Waals surface area contributed by atoms with Gasteiger partial charge in [0.2, 0.25) is 0 Å². The van der Waals surface area contributed by atoms with E-state index in [0.717, 1.165) is 26.8 Å². The summed E-state index contributed by atoms with van der Waals surface area (Å²) in [5.74, 6) is -2.66. The van der Waals surface area contributed by atoms with Gasteiger partial charge in [-0.05, 0) is 25.1 Å². The molecule has 0 spiro atoms. The first-order valence-electron chi connectivity index (χ1n) is 12.7. The summed E-state index contributed by atoms with van der Waals surface area (Å²) in [4.78, 5) is 8.01. The number of ether oxygens (including phenoxy) is 1. The van der Waals surface area contributed by atoms with Crippen LogP contribution < -0.4 is 0 Å². The summed E-state index contributed by atoms with van der Waals surface area (Å²) in [5, 5.41) is 40.2. The van der Waals surface area contributed by atoms with Gasteiger partial charge in [-0.25, -0.2) is 23.4 Å². The Morgan fingerprint density at radius 1 is 1.07 bits per heavy atom. The summed E-state index contributed by atoms with van der Waals surface area (Å²) in [7, 11) is 0. The Hall–Kier alpha value is -3.25. The maximum Gasteiger partial charge on any atom is 0.418 e. The molecule has 10 nitrogen and oxygen atoms in total. The summed E-state index contributed by atoms with van der Waals surface area (Å²) in [6.07, 6.45) is -8.81. The molecule has 1 aliphatic rings. The van der Waals surface area contributed by atoms with Gasteiger partial charge in [-0.3, -0.25) is 4.68 Å². The molecule has 5 atom stereocenters. The summed E-state index contributed by atoms with van der Waals surface area (Å²) in [6, 6.07) is 1.53. The van der Waals surface area contributed by atoms with Crippen LogP contribution in [0.25, 0.3) is 27.0 Å². The van der Waals surface area contributed by atoms with Crippen molar-refractivity contribution in [3.8, 4) is 16.8 Å². The van der Waals surface area contributed by atoms with Crippen molar-refractivity contribution in [2.45, 2.75) is 43.6 Å². The van der Waals surface area contributed by atoms with E-state index in [9.17, 15) is 37.3 Å². The van der Waals surface area contributed by atoms with Crippen LogP contribution >= 0.6 is 34.5 Å². The van der Waals surface area contributed by atoms with Gasteiger partial charge in [-0.15, -0.1) is 11.3 Å². The molecule has 1 unspecified atom stereocenters. The van der Waals surface area contributed by atoms with E-state index in [1.807, 2.05) is 0 Å². The number of fused-ring (bicyclic) bond motifs is 1. The van der Waals surface area contributed by atoms with Crippen molar-refractivity contribution < 1.29 is 42.0 Å². The maximum atomic E-state index is 15.0. The summed E-state index contributed by atoms with van der Waals surface area (Å²) < 4.78 is 79.7. The van der Waals surface area contributed by atoms with Crippen LogP contribution in [-0.4, -0.2) is 69.8 Å². The number of hydrogen-bond donors (Lipinski definition) is 3. The van der Waals surface area contributed by atoms with Crippen LogP contribution in [0, 0.1) is 18.6 Å². The van der Waals surface area contributed by atoms with Crippen LogP contribution in [0.2, 0.25) is 10.0 Å². The topological polar surface area (TPSA) is 131 Å². The number of aryl methyl sites for hydroxylation is 1. The molecule has 1 saturated heterocycles. The third-order valence-electron chi connectivity index (χ3n) is 7.18. The molecule has 6 rings (SSSR count). The number of hydrogen-bond acceptors (Lipinski definition) is 9. The van der Waals surface area contributed by atoms with E-state index in [2.05, 4.69) is 20.2 Å². The number of rotatable bonds is 5. The molecule has 3 N–H and O–H groups in total. The number of alkyl halides is 3. The number of halogens is 7. The average molecular weight is 677 g/mol. The maximum absolute atomic E-state index is 15.0. The number of aromatic nitrogens is 6. The average Bonchev–Trinajstić information content (AvgIpc) is 3.72. The molecule has 1 aliphatic heterocycles. The fraction of sp³-hybridized carbons (Fsp3) is 0.308. The first-order valence-corrected chi connectivity index (χ1v) is 14.3. The van der Waals surface area contributed by atoms with Crippen molar-refractivity contribution >= 4 is 44.8 Å². The highest BCUT2D eigenvalue weighted by molar-refractivity contribution is 7.16. The molecule has 5 aromatic rings. The van der Waals surface area contributed by atoms with Gasteiger partial charge in [-0.1, -0.05) is 23.2 Å². The van der Waals surface area contributed by atoms with E-state index < -0.39 is 66.1 Å². The molecule has 44 heavy (non-hydrogen) atoms. The highest BCUT2D eigenvalue weighted by Crippen LogP contribution is 2.42. The number of aliphatic hydroxyl groups is 3. The van der Waals surface area contributed by atoms with Gasteiger partial charge in [0.05, 0.1) is 44.3 Å². The second-order valence-corrected chi connectivity index (χ2v) is 11.6. The van der Waals surface area contributed by atoms with Crippen molar-refractivity contribution in [1.82, 2.24) is 29.5 Å². The van der Waals surface area contributed by atoms with E-state index in [1.54, 1.807) is 0 Å². The number of thiazole rings is 1. The molecule has 4 heterocycles. The van der Waals surface area contributed by atoms with Crippen molar-refractivity contribution in [1.29, 1.82) is 0 Å². The third-order valence-corrected chi connectivity index (χ3v) is 8.68. The van der Waals surface area contributed by atoms with Gasteiger partial charge in [0.15, 0.2) is 17.5 Å². The molecular weight excluding hydrogens is 658 g/mol. The standard InChI is InChI=1S/C26H19Cl2F5N6O4S/c1-9-36-25(39(37-9)15-4-14(28)13(27)3-12(15)26(31,32)33)24-23(42)21(22(41)16(7-40)43-24)38-6-10(5-35-38)11-2-17-20(34-8-44-17)19(30)18(11)29/h2-6,8,16,21-24,40-42H,7H2,1H3/t16-,21+,22+,23-,24?/m1/s1. The lowest BCUT2D eigenvalue weighted by Gasteiger charge is -2.42. The molecule has 3 aromatic heterocycles. The second-order valence-electron chi connectivity index (χ2n) is 9.92. The van der Waals surface area contributed by atoms with Crippen molar-refractivity contribution in [2.24, 2.45) is 0 Å². The summed E-state index contributed by atoms with van der Waals surface area (Å²) >= 11 is 13.0. The molecule has 2 aromatic carbocycles. The highest BCUT2D eigenvalue weighted by atomic mass is 35.5. The monoisotopic (exact) mass is 676 g/mol. The molecule has 0 saturated carbocycles. The first-order chi connectivity index (χ1) is 20.8. The Morgan fingerprint density at radius 3 is 2.50 bits per heavy atom. The lowest BCUT2D eigenvalue weighted by atomic mass is 9.92. The normalized spacial score (nSPS) is 22.7. The molecule has 18 heteroatoms. The Kier molecular flexibility index (Phi) is 7.88. The van der Waals surface area contributed by atoms with E-state index in [0.29, 0.717) is 10.8 Å². The molecule has 0 radical (unpaired) electrons. The van der Waals surface area contributed by atoms with Gasteiger partial charge < -0.3 is 20.1 Å². The minimum absolute atomic E-state index is 0.00412. The Bertz CT molecular complexity index is 1880.